The normalized spacial score (nSPS) is 9.94. The van der Waals surface area contributed by atoms with E-state index in [-0.39, 0.29) is 0 Å². The second-order valence-corrected chi connectivity index (χ2v) is 3.52. The number of nitrogens with zero attached hydrogens (tertiary/aromatic N) is 5. The van der Waals surface area contributed by atoms with E-state index in [0.717, 1.165) is 17.8 Å². The molecule has 0 unspecified atom stereocenters. The van der Waals surface area contributed by atoms with Crippen LogP contribution in [0.1, 0.15) is 18.3 Å². The van der Waals surface area contributed by atoms with Gasteiger partial charge in [0.1, 0.15) is 11.8 Å². The Morgan fingerprint density at radius 2 is 2.35 bits per heavy atom. The molecule has 0 atom stereocenters. The van der Waals surface area contributed by atoms with E-state index in [1.807, 2.05) is 26.2 Å². The highest BCUT2D eigenvalue weighted by atomic mass is 15.3. The van der Waals surface area contributed by atoms with Gasteiger partial charge in [-0.25, -0.2) is 9.97 Å². The lowest BCUT2D eigenvalue weighted by molar-refractivity contribution is 0.746. The Morgan fingerprint density at radius 1 is 1.53 bits per heavy atom. The molecule has 17 heavy (non-hydrogen) atoms. The summed E-state index contributed by atoms with van der Waals surface area (Å²) < 4.78 is 1.73. The SMILES string of the molecule is CCc1nn(C)cc1Nc1nccc(C#N)n1. The molecule has 0 fully saturated rings. The van der Waals surface area contributed by atoms with E-state index in [0.29, 0.717) is 11.6 Å². The minimum Gasteiger partial charge on any atom is -0.321 e. The summed E-state index contributed by atoms with van der Waals surface area (Å²) in [6.45, 7) is 2.03. The number of hydrogen-bond acceptors (Lipinski definition) is 5. The average Bonchev–Trinajstić information content (AvgIpc) is 2.69. The van der Waals surface area contributed by atoms with Crippen LogP contribution >= 0.6 is 0 Å². The van der Waals surface area contributed by atoms with Crippen molar-refractivity contribution in [3.63, 3.8) is 0 Å². The molecular formula is C11H12N6. The molecule has 0 saturated heterocycles. The fourth-order valence-corrected chi connectivity index (χ4v) is 1.50. The van der Waals surface area contributed by atoms with Gasteiger partial charge in [0.05, 0.1) is 11.4 Å². The first kappa shape index (κ1) is 11.1. The smallest absolute Gasteiger partial charge is 0.228 e. The van der Waals surface area contributed by atoms with Crippen LogP contribution in [0.15, 0.2) is 18.5 Å². The molecule has 0 aromatic carbocycles. The first-order valence-electron chi connectivity index (χ1n) is 5.25. The molecule has 0 bridgehead atoms. The van der Waals surface area contributed by atoms with Gasteiger partial charge < -0.3 is 5.32 Å². The number of aryl methyl sites for hydroxylation is 2. The van der Waals surface area contributed by atoms with Crippen LogP contribution in [0.2, 0.25) is 0 Å². The van der Waals surface area contributed by atoms with Gasteiger partial charge in [-0.15, -0.1) is 0 Å². The fraction of sp³-hybridized carbons (Fsp3) is 0.273. The Bertz CT molecular complexity index is 566. The Hall–Kier alpha value is -2.42. The lowest BCUT2D eigenvalue weighted by Gasteiger charge is -2.02. The van der Waals surface area contributed by atoms with Gasteiger partial charge in [0.25, 0.3) is 0 Å². The van der Waals surface area contributed by atoms with Gasteiger partial charge in [0, 0.05) is 19.4 Å². The Labute approximate surface area is 98.9 Å². The number of rotatable bonds is 3. The molecule has 1 N–H and O–H groups in total. The second kappa shape index (κ2) is 4.61. The monoisotopic (exact) mass is 228 g/mol. The maximum absolute atomic E-state index is 8.75. The van der Waals surface area contributed by atoms with Gasteiger partial charge in [-0.05, 0) is 12.5 Å². The second-order valence-electron chi connectivity index (χ2n) is 3.52. The summed E-state index contributed by atoms with van der Waals surface area (Å²) in [5.41, 5.74) is 2.15. The Balaban J connectivity index is 2.28. The highest BCUT2D eigenvalue weighted by molar-refractivity contribution is 5.55. The van der Waals surface area contributed by atoms with Gasteiger partial charge in [0.2, 0.25) is 5.95 Å². The number of nitrogens with one attached hydrogen (secondary N) is 1. The standard InChI is InChI=1S/C11H12N6/c1-3-9-10(7-17(2)16-9)15-11-13-5-4-8(6-12)14-11/h4-5,7H,3H2,1-2H3,(H,13,14,15). The maximum Gasteiger partial charge on any atom is 0.228 e. The number of nitriles is 1. The number of aromatic nitrogens is 4. The molecule has 6 heteroatoms. The Morgan fingerprint density at radius 3 is 3.06 bits per heavy atom. The highest BCUT2D eigenvalue weighted by Crippen LogP contribution is 2.17. The zero-order chi connectivity index (χ0) is 12.3. The summed E-state index contributed by atoms with van der Waals surface area (Å²) in [5.74, 6) is 0.409. The van der Waals surface area contributed by atoms with Crippen LogP contribution in [0.5, 0.6) is 0 Å². The molecule has 0 aliphatic carbocycles. The van der Waals surface area contributed by atoms with Crippen LogP contribution in [0, 0.1) is 11.3 Å². The molecule has 0 spiro atoms. The van der Waals surface area contributed by atoms with Crippen molar-refractivity contribution in [3.8, 4) is 6.07 Å². The van der Waals surface area contributed by atoms with Gasteiger partial charge >= 0.3 is 0 Å². The third-order valence-corrected chi connectivity index (χ3v) is 2.26. The van der Waals surface area contributed by atoms with Crippen molar-refractivity contribution >= 4 is 11.6 Å². The van der Waals surface area contributed by atoms with E-state index in [4.69, 9.17) is 5.26 Å². The molecule has 0 saturated carbocycles. The largest absolute Gasteiger partial charge is 0.321 e. The van der Waals surface area contributed by atoms with E-state index in [9.17, 15) is 0 Å². The quantitative estimate of drug-likeness (QED) is 0.858. The first-order valence-corrected chi connectivity index (χ1v) is 5.25. The third-order valence-electron chi connectivity index (χ3n) is 2.26. The molecule has 0 radical (unpaired) electrons. The van der Waals surface area contributed by atoms with Crippen LogP contribution in [-0.4, -0.2) is 19.7 Å². The van der Waals surface area contributed by atoms with E-state index in [1.165, 1.54) is 0 Å². The minimum atomic E-state index is 0.337. The van der Waals surface area contributed by atoms with Gasteiger partial charge in [-0.3, -0.25) is 4.68 Å². The van der Waals surface area contributed by atoms with Crippen LogP contribution in [-0.2, 0) is 13.5 Å². The molecule has 0 aliphatic rings. The summed E-state index contributed by atoms with van der Waals surface area (Å²) in [6, 6.07) is 3.54. The number of anilines is 2. The zero-order valence-corrected chi connectivity index (χ0v) is 9.68. The van der Waals surface area contributed by atoms with E-state index in [2.05, 4.69) is 20.4 Å². The number of hydrogen-bond donors (Lipinski definition) is 1. The van der Waals surface area contributed by atoms with Crippen molar-refractivity contribution in [2.45, 2.75) is 13.3 Å². The van der Waals surface area contributed by atoms with E-state index in [1.54, 1.807) is 16.9 Å². The summed E-state index contributed by atoms with van der Waals surface area (Å²) >= 11 is 0. The van der Waals surface area contributed by atoms with Crippen LogP contribution in [0.3, 0.4) is 0 Å². The maximum atomic E-state index is 8.75. The molecular weight excluding hydrogens is 216 g/mol. The van der Waals surface area contributed by atoms with Crippen molar-refractivity contribution in [3.05, 3.63) is 29.8 Å². The van der Waals surface area contributed by atoms with Crippen LogP contribution in [0.25, 0.3) is 0 Å². The minimum absolute atomic E-state index is 0.337. The van der Waals surface area contributed by atoms with E-state index >= 15 is 0 Å². The highest BCUT2D eigenvalue weighted by Gasteiger charge is 2.07. The van der Waals surface area contributed by atoms with Crippen LogP contribution in [0.4, 0.5) is 11.6 Å². The summed E-state index contributed by atoms with van der Waals surface area (Å²) in [4.78, 5) is 8.11. The van der Waals surface area contributed by atoms with Crippen molar-refractivity contribution in [2.24, 2.45) is 7.05 Å². The topological polar surface area (TPSA) is 79.4 Å². The average molecular weight is 228 g/mol. The summed E-state index contributed by atoms with van der Waals surface area (Å²) in [5, 5.41) is 16.1. The third kappa shape index (κ3) is 2.39. The first-order chi connectivity index (χ1) is 8.22. The molecule has 0 aliphatic heterocycles. The lowest BCUT2D eigenvalue weighted by Crippen LogP contribution is -1.99. The van der Waals surface area contributed by atoms with Crippen LogP contribution < -0.4 is 5.32 Å². The van der Waals surface area contributed by atoms with Gasteiger partial charge in [-0.1, -0.05) is 6.92 Å². The van der Waals surface area contributed by atoms with Crippen molar-refractivity contribution in [1.29, 1.82) is 5.26 Å². The molecule has 6 nitrogen and oxygen atoms in total. The predicted molar refractivity (Wildman–Crippen MR) is 62.6 cm³/mol. The zero-order valence-electron chi connectivity index (χ0n) is 9.68. The van der Waals surface area contributed by atoms with Crippen molar-refractivity contribution in [1.82, 2.24) is 19.7 Å². The Kier molecular flexibility index (Phi) is 3.01. The van der Waals surface area contributed by atoms with Crippen molar-refractivity contribution < 1.29 is 0 Å². The molecule has 2 heterocycles. The lowest BCUT2D eigenvalue weighted by atomic mass is 10.3. The van der Waals surface area contributed by atoms with Gasteiger partial charge in [-0.2, -0.15) is 10.4 Å². The molecule has 2 aromatic rings. The molecule has 2 rings (SSSR count). The summed E-state index contributed by atoms with van der Waals surface area (Å²) in [6.07, 6.45) is 4.23. The van der Waals surface area contributed by atoms with E-state index < -0.39 is 0 Å². The van der Waals surface area contributed by atoms with Crippen molar-refractivity contribution in [2.75, 3.05) is 5.32 Å². The predicted octanol–water partition coefficient (Wildman–Crippen LogP) is 1.39. The molecule has 2 aromatic heterocycles. The fourth-order valence-electron chi connectivity index (χ4n) is 1.50. The molecule has 0 amide bonds. The van der Waals surface area contributed by atoms with Gasteiger partial charge in [0.15, 0.2) is 0 Å². The summed E-state index contributed by atoms with van der Waals surface area (Å²) in [7, 11) is 1.86. The molecule has 86 valence electrons.